The van der Waals surface area contributed by atoms with Crippen molar-refractivity contribution in [2.45, 2.75) is 33.7 Å². The zero-order valence-corrected chi connectivity index (χ0v) is 7.68. The summed E-state index contributed by atoms with van der Waals surface area (Å²) in [6.07, 6.45) is 1.81. The molecule has 0 aromatic carbocycles. The van der Waals surface area contributed by atoms with Gasteiger partial charge in [0.15, 0.2) is 0 Å². The first-order chi connectivity index (χ1) is 5.07. The Balaban J connectivity index is 4.01. The molecular formula is C8H17N3. The summed E-state index contributed by atoms with van der Waals surface area (Å²) in [4.78, 5) is 0. The Bertz CT molecular complexity index is 147. The van der Waals surface area contributed by atoms with Gasteiger partial charge in [-0.05, 0) is 19.8 Å². The highest BCUT2D eigenvalue weighted by Crippen LogP contribution is 2.08. The number of allylic oxidation sites excluding steroid dienone is 1. The molecule has 64 valence electrons. The third-order valence-electron chi connectivity index (χ3n) is 1.29. The van der Waals surface area contributed by atoms with Gasteiger partial charge in [-0.15, -0.1) is 0 Å². The van der Waals surface area contributed by atoms with Crippen LogP contribution in [0.4, 0.5) is 0 Å². The Kier molecular flexibility index (Phi) is 4.50. The van der Waals surface area contributed by atoms with Crippen molar-refractivity contribution >= 4 is 0 Å². The van der Waals surface area contributed by atoms with E-state index in [9.17, 15) is 0 Å². The maximum absolute atomic E-state index is 6.85. The summed E-state index contributed by atoms with van der Waals surface area (Å²) >= 11 is 0. The molecule has 0 aliphatic carbocycles. The average molecular weight is 155 g/mol. The van der Waals surface area contributed by atoms with Crippen LogP contribution in [0.5, 0.6) is 0 Å². The second-order valence-electron chi connectivity index (χ2n) is 3.16. The third kappa shape index (κ3) is 4.53. The zero-order chi connectivity index (χ0) is 8.85. The number of rotatable bonds is 4. The normalized spacial score (nSPS) is 12.4. The highest BCUT2D eigenvalue weighted by atomic mass is 15.0. The summed E-state index contributed by atoms with van der Waals surface area (Å²) in [6, 6.07) is 0.408. The number of nitrogens with one attached hydrogen (secondary N) is 2. The van der Waals surface area contributed by atoms with E-state index in [0.717, 1.165) is 5.70 Å². The Morgan fingerprint density at radius 2 is 1.91 bits per heavy atom. The molecule has 0 spiro atoms. The molecule has 0 bridgehead atoms. The summed E-state index contributed by atoms with van der Waals surface area (Å²) in [6.45, 7) is 8.15. The molecule has 0 aliphatic heterocycles. The van der Waals surface area contributed by atoms with E-state index in [4.69, 9.17) is 5.53 Å². The molecule has 0 atom stereocenters. The summed E-state index contributed by atoms with van der Waals surface area (Å²) in [5.74, 6) is 0.318. The second-order valence-corrected chi connectivity index (χ2v) is 3.16. The highest BCUT2D eigenvalue weighted by molar-refractivity contribution is 5.00. The SMILES string of the molecule is CC(C)N/C=C(\N=N)C(C)C. The van der Waals surface area contributed by atoms with Crippen LogP contribution in [-0.4, -0.2) is 6.04 Å². The van der Waals surface area contributed by atoms with Crippen LogP contribution < -0.4 is 5.32 Å². The van der Waals surface area contributed by atoms with E-state index >= 15 is 0 Å². The molecule has 0 radical (unpaired) electrons. The van der Waals surface area contributed by atoms with E-state index in [1.54, 1.807) is 0 Å². The first-order valence-electron chi connectivity index (χ1n) is 3.91. The van der Waals surface area contributed by atoms with E-state index in [1.807, 2.05) is 20.0 Å². The molecule has 0 unspecified atom stereocenters. The van der Waals surface area contributed by atoms with Crippen LogP contribution in [0.1, 0.15) is 27.7 Å². The first-order valence-corrected chi connectivity index (χ1v) is 3.91. The van der Waals surface area contributed by atoms with Gasteiger partial charge in [-0.2, -0.15) is 5.11 Å². The quantitative estimate of drug-likeness (QED) is 0.602. The Morgan fingerprint density at radius 3 is 2.18 bits per heavy atom. The number of nitrogens with zero attached hydrogens (tertiary/aromatic N) is 1. The fourth-order valence-electron chi connectivity index (χ4n) is 0.580. The second kappa shape index (κ2) is 4.88. The Morgan fingerprint density at radius 1 is 1.36 bits per heavy atom. The molecule has 3 nitrogen and oxygen atoms in total. The topological polar surface area (TPSA) is 48.2 Å². The summed E-state index contributed by atoms with van der Waals surface area (Å²) in [5.41, 5.74) is 7.64. The van der Waals surface area contributed by atoms with Crippen molar-refractivity contribution in [2.24, 2.45) is 11.0 Å². The largest absolute Gasteiger partial charge is 0.387 e. The predicted octanol–water partition coefficient (Wildman–Crippen LogP) is 2.51. The lowest BCUT2D eigenvalue weighted by Crippen LogP contribution is -2.16. The van der Waals surface area contributed by atoms with E-state index < -0.39 is 0 Å². The molecule has 2 N–H and O–H groups in total. The molecule has 0 fully saturated rings. The predicted molar refractivity (Wildman–Crippen MR) is 46.3 cm³/mol. The van der Waals surface area contributed by atoms with Crippen LogP contribution in [0.2, 0.25) is 0 Å². The van der Waals surface area contributed by atoms with Crippen molar-refractivity contribution in [1.82, 2.24) is 5.32 Å². The average Bonchev–Trinajstić information content (AvgIpc) is 1.87. The monoisotopic (exact) mass is 155 g/mol. The standard InChI is InChI=1S/C8H17N3/c1-6(2)8(11-9)5-10-7(3)4/h5-7,9-10H,1-4H3/b8-5-,11-9?. The minimum Gasteiger partial charge on any atom is -0.387 e. The van der Waals surface area contributed by atoms with Gasteiger partial charge in [0, 0.05) is 12.2 Å². The van der Waals surface area contributed by atoms with Gasteiger partial charge < -0.3 is 5.32 Å². The molecule has 0 saturated heterocycles. The minimum absolute atomic E-state index is 0.318. The van der Waals surface area contributed by atoms with Gasteiger partial charge in [-0.25, -0.2) is 5.53 Å². The lowest BCUT2D eigenvalue weighted by atomic mass is 10.1. The van der Waals surface area contributed by atoms with E-state index in [2.05, 4.69) is 24.3 Å². The van der Waals surface area contributed by atoms with Crippen LogP contribution in [0.25, 0.3) is 0 Å². The van der Waals surface area contributed by atoms with E-state index in [1.165, 1.54) is 0 Å². The van der Waals surface area contributed by atoms with Crippen LogP contribution in [-0.2, 0) is 0 Å². The van der Waals surface area contributed by atoms with E-state index in [-0.39, 0.29) is 0 Å². The molecule has 11 heavy (non-hydrogen) atoms. The lowest BCUT2D eigenvalue weighted by molar-refractivity contribution is 0.665. The molecule has 0 aromatic heterocycles. The molecular weight excluding hydrogens is 138 g/mol. The van der Waals surface area contributed by atoms with Crippen LogP contribution >= 0.6 is 0 Å². The fraction of sp³-hybridized carbons (Fsp3) is 0.750. The van der Waals surface area contributed by atoms with Gasteiger partial charge in [0.05, 0.1) is 5.70 Å². The number of hydrogen-bond acceptors (Lipinski definition) is 3. The fourth-order valence-corrected chi connectivity index (χ4v) is 0.580. The van der Waals surface area contributed by atoms with Gasteiger partial charge in [0.1, 0.15) is 0 Å². The molecule has 0 aliphatic rings. The molecule has 3 heteroatoms. The number of hydrogen-bond donors (Lipinski definition) is 2. The minimum atomic E-state index is 0.318. The van der Waals surface area contributed by atoms with E-state index in [0.29, 0.717) is 12.0 Å². The smallest absolute Gasteiger partial charge is 0.0805 e. The van der Waals surface area contributed by atoms with Crippen LogP contribution in [0.15, 0.2) is 17.0 Å². The maximum Gasteiger partial charge on any atom is 0.0805 e. The molecule has 0 saturated carbocycles. The van der Waals surface area contributed by atoms with Gasteiger partial charge in [0.25, 0.3) is 0 Å². The Hall–Kier alpha value is -0.860. The van der Waals surface area contributed by atoms with Crippen molar-refractivity contribution in [2.75, 3.05) is 0 Å². The van der Waals surface area contributed by atoms with Gasteiger partial charge in [0.2, 0.25) is 0 Å². The summed E-state index contributed by atoms with van der Waals surface area (Å²) < 4.78 is 0. The van der Waals surface area contributed by atoms with Crippen molar-refractivity contribution in [3.63, 3.8) is 0 Å². The maximum atomic E-state index is 6.85. The van der Waals surface area contributed by atoms with Crippen LogP contribution in [0.3, 0.4) is 0 Å². The first kappa shape index (κ1) is 10.1. The molecule has 0 amide bonds. The molecule has 0 heterocycles. The van der Waals surface area contributed by atoms with Gasteiger partial charge in [-0.3, -0.25) is 0 Å². The zero-order valence-electron chi connectivity index (χ0n) is 7.68. The lowest BCUT2D eigenvalue weighted by Gasteiger charge is -2.07. The molecule has 0 rings (SSSR count). The third-order valence-corrected chi connectivity index (χ3v) is 1.29. The Labute approximate surface area is 68.4 Å². The molecule has 0 aromatic rings. The van der Waals surface area contributed by atoms with Crippen molar-refractivity contribution in [1.29, 1.82) is 5.53 Å². The van der Waals surface area contributed by atoms with Gasteiger partial charge >= 0.3 is 0 Å². The highest BCUT2D eigenvalue weighted by Gasteiger charge is 2.00. The van der Waals surface area contributed by atoms with Crippen molar-refractivity contribution in [3.8, 4) is 0 Å². The van der Waals surface area contributed by atoms with Crippen molar-refractivity contribution < 1.29 is 0 Å². The summed E-state index contributed by atoms with van der Waals surface area (Å²) in [7, 11) is 0. The summed E-state index contributed by atoms with van der Waals surface area (Å²) in [5, 5.41) is 6.51. The van der Waals surface area contributed by atoms with Crippen molar-refractivity contribution in [3.05, 3.63) is 11.9 Å². The van der Waals surface area contributed by atoms with Gasteiger partial charge in [-0.1, -0.05) is 13.8 Å². The van der Waals surface area contributed by atoms with Crippen LogP contribution in [0, 0.1) is 11.4 Å².